The monoisotopic (exact) mass is 374 g/mol. The van der Waals surface area contributed by atoms with Crippen molar-refractivity contribution < 1.29 is 23.9 Å². The molecule has 0 spiro atoms. The zero-order chi connectivity index (χ0) is 18.5. The summed E-state index contributed by atoms with van der Waals surface area (Å²) in [6, 6.07) is 6.03. The topological polar surface area (TPSA) is 84.0 Å². The van der Waals surface area contributed by atoms with Gasteiger partial charge in [-0.15, -0.1) is 11.8 Å². The van der Waals surface area contributed by atoms with E-state index in [1.807, 2.05) is 6.92 Å². The second-order valence-corrected chi connectivity index (χ2v) is 8.24. The summed E-state index contributed by atoms with van der Waals surface area (Å²) >= 11 is 1.59. The van der Waals surface area contributed by atoms with Crippen LogP contribution >= 0.6 is 11.8 Å². The molecule has 0 bridgehead atoms. The van der Waals surface area contributed by atoms with Crippen LogP contribution in [-0.2, 0) is 14.3 Å². The van der Waals surface area contributed by atoms with Crippen LogP contribution in [0.3, 0.4) is 0 Å². The Hall–Kier alpha value is -2.35. The number of benzene rings is 1. The maximum Gasteiger partial charge on any atom is 0.329 e. The molecule has 7 nitrogen and oxygen atoms in total. The van der Waals surface area contributed by atoms with Crippen LogP contribution in [0, 0.1) is 0 Å². The molecule has 2 atom stereocenters. The van der Waals surface area contributed by atoms with Crippen molar-refractivity contribution in [2.75, 3.05) is 18.9 Å². The van der Waals surface area contributed by atoms with E-state index in [2.05, 4.69) is 0 Å². The lowest BCUT2D eigenvalue weighted by atomic mass is 10.1. The van der Waals surface area contributed by atoms with E-state index in [0.29, 0.717) is 23.3 Å². The van der Waals surface area contributed by atoms with E-state index in [-0.39, 0.29) is 35.7 Å². The number of amides is 3. The first kappa shape index (κ1) is 17.1. The van der Waals surface area contributed by atoms with Crippen LogP contribution < -0.4 is 0 Å². The Kier molecular flexibility index (Phi) is 4.02. The Labute approximate surface area is 154 Å². The molecule has 3 amide bonds. The minimum Gasteiger partial charge on any atom is -0.462 e. The number of esters is 1. The van der Waals surface area contributed by atoms with Crippen molar-refractivity contribution in [2.24, 2.45) is 0 Å². The third-order valence-corrected chi connectivity index (χ3v) is 6.66. The molecule has 0 unspecified atom stereocenters. The van der Waals surface area contributed by atoms with Crippen LogP contribution in [-0.4, -0.2) is 63.3 Å². The van der Waals surface area contributed by atoms with Gasteiger partial charge in [0.05, 0.1) is 22.5 Å². The molecule has 1 aromatic carbocycles. The van der Waals surface area contributed by atoms with Gasteiger partial charge in [-0.3, -0.25) is 19.3 Å². The average Bonchev–Trinajstić information content (AvgIpc) is 3.21. The molecule has 0 saturated carbocycles. The van der Waals surface area contributed by atoms with Gasteiger partial charge in [0.15, 0.2) is 0 Å². The Balaban J connectivity index is 1.36. The molecular formula is C18H18N2O5S. The molecule has 3 aliphatic rings. The molecule has 3 aliphatic heterocycles. The molecule has 136 valence electrons. The molecule has 1 aromatic rings. The number of rotatable bonds is 4. The summed E-state index contributed by atoms with van der Waals surface area (Å²) in [7, 11) is 0. The minimum atomic E-state index is -0.595. The number of thioether (sulfide) groups is 1. The quantitative estimate of drug-likeness (QED) is 0.583. The zero-order valence-electron chi connectivity index (χ0n) is 14.3. The van der Waals surface area contributed by atoms with Gasteiger partial charge >= 0.3 is 5.97 Å². The molecule has 0 aromatic heterocycles. The van der Waals surface area contributed by atoms with E-state index in [1.165, 1.54) is 0 Å². The highest BCUT2D eigenvalue weighted by Crippen LogP contribution is 2.47. The first-order valence-corrected chi connectivity index (χ1v) is 9.49. The molecule has 0 aliphatic carbocycles. The third-order valence-electron chi connectivity index (χ3n) is 5.15. The Morgan fingerprint density at radius 3 is 2.54 bits per heavy atom. The van der Waals surface area contributed by atoms with Crippen molar-refractivity contribution in [2.45, 2.75) is 30.7 Å². The summed E-state index contributed by atoms with van der Waals surface area (Å²) in [5, 5.41) is 0. The highest BCUT2D eigenvalue weighted by molar-refractivity contribution is 8.01. The SMILES string of the molecule is C[C@@]12CCC(=O)N1[C@H](C(=O)OCCN1C(=O)c3ccccc3C1=O)CS2. The zero-order valence-corrected chi connectivity index (χ0v) is 15.1. The van der Waals surface area contributed by atoms with Crippen molar-refractivity contribution in [3.8, 4) is 0 Å². The van der Waals surface area contributed by atoms with Gasteiger partial charge in [-0.25, -0.2) is 4.79 Å². The first-order chi connectivity index (χ1) is 12.4. The van der Waals surface area contributed by atoms with Crippen LogP contribution in [0.5, 0.6) is 0 Å². The lowest BCUT2D eigenvalue weighted by Gasteiger charge is -2.29. The molecule has 0 N–H and O–H groups in total. The predicted molar refractivity (Wildman–Crippen MR) is 93.5 cm³/mol. The number of ether oxygens (including phenoxy) is 1. The highest BCUT2D eigenvalue weighted by Gasteiger charge is 2.53. The fourth-order valence-electron chi connectivity index (χ4n) is 3.77. The van der Waals surface area contributed by atoms with Crippen LogP contribution in [0.15, 0.2) is 24.3 Å². The summed E-state index contributed by atoms with van der Waals surface area (Å²) in [6.07, 6.45) is 1.18. The van der Waals surface area contributed by atoms with Crippen molar-refractivity contribution in [1.29, 1.82) is 0 Å². The smallest absolute Gasteiger partial charge is 0.329 e. The van der Waals surface area contributed by atoms with Crippen molar-refractivity contribution in [1.82, 2.24) is 9.80 Å². The number of imide groups is 1. The third kappa shape index (κ3) is 2.51. The van der Waals surface area contributed by atoms with Crippen molar-refractivity contribution in [3.63, 3.8) is 0 Å². The predicted octanol–water partition coefficient (Wildman–Crippen LogP) is 1.28. The van der Waals surface area contributed by atoms with Crippen molar-refractivity contribution >= 4 is 35.5 Å². The Morgan fingerprint density at radius 2 is 1.88 bits per heavy atom. The van der Waals surface area contributed by atoms with E-state index in [4.69, 9.17) is 4.74 Å². The average molecular weight is 374 g/mol. The van der Waals surface area contributed by atoms with E-state index in [0.717, 1.165) is 11.3 Å². The van der Waals surface area contributed by atoms with Gasteiger partial charge < -0.3 is 9.64 Å². The maximum absolute atomic E-state index is 12.4. The van der Waals surface area contributed by atoms with Gasteiger partial charge in [0.1, 0.15) is 12.6 Å². The van der Waals surface area contributed by atoms with E-state index in [9.17, 15) is 19.2 Å². The fraction of sp³-hybridized carbons (Fsp3) is 0.444. The number of carbonyl (C=O) groups is 4. The number of carbonyl (C=O) groups excluding carboxylic acids is 4. The van der Waals surface area contributed by atoms with Crippen LogP contribution in [0.1, 0.15) is 40.5 Å². The Bertz CT molecular complexity index is 791. The minimum absolute atomic E-state index is 0.00314. The van der Waals surface area contributed by atoms with E-state index >= 15 is 0 Å². The Morgan fingerprint density at radius 1 is 1.23 bits per heavy atom. The van der Waals surface area contributed by atoms with Gasteiger partial charge in [-0.05, 0) is 25.5 Å². The molecular weight excluding hydrogens is 356 g/mol. The van der Waals surface area contributed by atoms with E-state index < -0.39 is 12.0 Å². The summed E-state index contributed by atoms with van der Waals surface area (Å²) in [4.78, 5) is 51.4. The molecule has 2 saturated heterocycles. The summed E-state index contributed by atoms with van der Waals surface area (Å²) in [5.41, 5.74) is 0.740. The van der Waals surface area contributed by atoms with Gasteiger partial charge in [0.25, 0.3) is 11.8 Å². The van der Waals surface area contributed by atoms with Gasteiger partial charge in [0.2, 0.25) is 5.91 Å². The maximum atomic E-state index is 12.4. The summed E-state index contributed by atoms with van der Waals surface area (Å²) in [6.45, 7) is 1.89. The lowest BCUT2D eigenvalue weighted by molar-refractivity contribution is -0.153. The van der Waals surface area contributed by atoms with Crippen molar-refractivity contribution in [3.05, 3.63) is 35.4 Å². The van der Waals surface area contributed by atoms with Gasteiger partial charge in [-0.1, -0.05) is 12.1 Å². The molecule has 0 radical (unpaired) electrons. The number of fused-ring (bicyclic) bond motifs is 2. The highest BCUT2D eigenvalue weighted by atomic mass is 32.2. The summed E-state index contributed by atoms with van der Waals surface area (Å²) < 4.78 is 5.29. The molecule has 4 rings (SSSR count). The van der Waals surface area contributed by atoms with Crippen LogP contribution in [0.25, 0.3) is 0 Å². The van der Waals surface area contributed by atoms with Crippen LogP contribution in [0.2, 0.25) is 0 Å². The van der Waals surface area contributed by atoms with Crippen LogP contribution in [0.4, 0.5) is 0 Å². The number of nitrogens with zero attached hydrogens (tertiary/aromatic N) is 2. The summed E-state index contributed by atoms with van der Waals surface area (Å²) in [5.74, 6) is -0.748. The largest absolute Gasteiger partial charge is 0.462 e. The normalized spacial score (nSPS) is 27.1. The molecule has 26 heavy (non-hydrogen) atoms. The lowest BCUT2D eigenvalue weighted by Crippen LogP contribution is -2.47. The molecule has 3 heterocycles. The fourth-order valence-corrected chi connectivity index (χ4v) is 5.19. The second kappa shape index (κ2) is 6.12. The van der Waals surface area contributed by atoms with E-state index in [1.54, 1.807) is 40.9 Å². The number of hydrogen-bond acceptors (Lipinski definition) is 6. The first-order valence-electron chi connectivity index (χ1n) is 8.50. The second-order valence-electron chi connectivity index (χ2n) is 6.74. The van der Waals surface area contributed by atoms with Gasteiger partial charge in [0, 0.05) is 12.2 Å². The van der Waals surface area contributed by atoms with Gasteiger partial charge in [-0.2, -0.15) is 0 Å². The number of hydrogen-bond donors (Lipinski definition) is 0. The standard InChI is InChI=1S/C18H18N2O5S/c1-18-7-6-14(21)20(18)13(10-26-18)17(24)25-9-8-19-15(22)11-4-2-3-5-12(11)16(19)23/h2-5,13H,6-10H2,1H3/t13-,18+/m0/s1. The molecule has 8 heteroatoms. The molecule has 2 fully saturated rings.